The highest BCUT2D eigenvalue weighted by Crippen LogP contribution is 2.25. The molecule has 1 saturated heterocycles. The SMILES string of the molecule is OC[C@@H](O)[C@@H](O)[C@H](O[C@H]1O[C@H](CO)[C@@H](O)[C@H](O)[C@@H]1O)[C@H](O)CNc1ccccn1. The number of anilines is 1. The summed E-state index contributed by atoms with van der Waals surface area (Å²) in [6, 6.07) is 5.02. The van der Waals surface area contributed by atoms with Gasteiger partial charge in [0.15, 0.2) is 6.29 Å². The molecule has 166 valence electrons. The molecule has 0 saturated carbocycles. The molecule has 0 spiro atoms. The van der Waals surface area contributed by atoms with Crippen molar-refractivity contribution in [1.29, 1.82) is 0 Å². The van der Waals surface area contributed by atoms with E-state index in [1.165, 1.54) is 6.20 Å². The lowest BCUT2D eigenvalue weighted by atomic mass is 9.98. The second-order valence-electron chi connectivity index (χ2n) is 6.70. The van der Waals surface area contributed by atoms with Gasteiger partial charge in [0.1, 0.15) is 54.6 Å². The van der Waals surface area contributed by atoms with E-state index in [9.17, 15) is 35.7 Å². The van der Waals surface area contributed by atoms with Crippen molar-refractivity contribution >= 4 is 5.82 Å². The third-order valence-electron chi connectivity index (χ3n) is 4.59. The zero-order chi connectivity index (χ0) is 21.6. The van der Waals surface area contributed by atoms with Crippen LogP contribution in [0.5, 0.6) is 0 Å². The van der Waals surface area contributed by atoms with E-state index >= 15 is 0 Å². The van der Waals surface area contributed by atoms with E-state index in [1.54, 1.807) is 18.2 Å². The Bertz CT molecular complexity index is 595. The summed E-state index contributed by atoms with van der Waals surface area (Å²) in [5.41, 5.74) is 0. The summed E-state index contributed by atoms with van der Waals surface area (Å²) >= 11 is 0. The predicted molar refractivity (Wildman–Crippen MR) is 96.5 cm³/mol. The minimum atomic E-state index is -1.80. The number of aliphatic hydroxyl groups is 8. The van der Waals surface area contributed by atoms with Crippen molar-refractivity contribution in [2.45, 2.75) is 55.1 Å². The molecule has 2 rings (SSSR count). The lowest BCUT2D eigenvalue weighted by Crippen LogP contribution is -2.61. The van der Waals surface area contributed by atoms with Gasteiger partial charge < -0.3 is 55.6 Å². The molecule has 29 heavy (non-hydrogen) atoms. The first-order chi connectivity index (χ1) is 13.8. The standard InChI is InChI=1S/C17H28N2O10/c20-6-9(23)12(24)16(8(22)5-19-11-3-1-2-4-18-11)29-17-15(27)14(26)13(25)10(7-21)28-17/h1-4,8-10,12-17,20-27H,5-7H2,(H,18,19)/t8-,9-,10-,12-,13-,14+,15+,16-,17-/m1/s1. The summed E-state index contributed by atoms with van der Waals surface area (Å²) in [6.07, 6.45) is -13.1. The molecule has 0 bridgehead atoms. The van der Waals surface area contributed by atoms with Crippen LogP contribution in [0.2, 0.25) is 0 Å². The number of aliphatic hydroxyl groups excluding tert-OH is 8. The fourth-order valence-corrected chi connectivity index (χ4v) is 2.85. The number of nitrogens with zero attached hydrogens (tertiary/aromatic N) is 1. The molecule has 1 aromatic heterocycles. The number of pyridine rings is 1. The summed E-state index contributed by atoms with van der Waals surface area (Å²) < 4.78 is 10.6. The molecule has 0 amide bonds. The highest BCUT2D eigenvalue weighted by Gasteiger charge is 2.46. The first-order valence-corrected chi connectivity index (χ1v) is 9.06. The number of rotatable bonds is 10. The Morgan fingerprint density at radius 3 is 2.34 bits per heavy atom. The third-order valence-corrected chi connectivity index (χ3v) is 4.59. The Labute approximate surface area is 166 Å². The van der Waals surface area contributed by atoms with E-state index in [1.807, 2.05) is 0 Å². The van der Waals surface area contributed by atoms with Crippen LogP contribution in [0.1, 0.15) is 0 Å². The average Bonchev–Trinajstić information content (AvgIpc) is 2.75. The normalized spacial score (nSPS) is 31.7. The van der Waals surface area contributed by atoms with Gasteiger partial charge in [-0.15, -0.1) is 0 Å². The van der Waals surface area contributed by atoms with Crippen LogP contribution in [0.4, 0.5) is 5.82 Å². The van der Waals surface area contributed by atoms with Crippen molar-refractivity contribution < 1.29 is 50.3 Å². The molecule has 1 aliphatic rings. The zero-order valence-electron chi connectivity index (χ0n) is 15.5. The van der Waals surface area contributed by atoms with Gasteiger partial charge in [-0.2, -0.15) is 0 Å². The van der Waals surface area contributed by atoms with E-state index < -0.39 is 68.3 Å². The van der Waals surface area contributed by atoms with Crippen molar-refractivity contribution in [2.75, 3.05) is 25.1 Å². The molecule has 0 aromatic carbocycles. The van der Waals surface area contributed by atoms with E-state index in [-0.39, 0.29) is 6.54 Å². The number of ether oxygens (including phenoxy) is 2. The number of hydrogen-bond donors (Lipinski definition) is 9. The van der Waals surface area contributed by atoms with Gasteiger partial charge in [0.2, 0.25) is 0 Å². The fourth-order valence-electron chi connectivity index (χ4n) is 2.85. The Morgan fingerprint density at radius 1 is 1.03 bits per heavy atom. The highest BCUT2D eigenvalue weighted by molar-refractivity contribution is 5.33. The van der Waals surface area contributed by atoms with Crippen LogP contribution in [-0.2, 0) is 9.47 Å². The van der Waals surface area contributed by atoms with E-state index in [0.717, 1.165) is 0 Å². The molecule has 0 aliphatic carbocycles. The molecule has 1 aromatic rings. The quantitative estimate of drug-likeness (QED) is 0.176. The van der Waals surface area contributed by atoms with Crippen molar-refractivity contribution in [2.24, 2.45) is 0 Å². The minimum Gasteiger partial charge on any atom is -0.394 e. The van der Waals surface area contributed by atoms with Gasteiger partial charge in [0.05, 0.1) is 13.2 Å². The second-order valence-corrected chi connectivity index (χ2v) is 6.70. The largest absolute Gasteiger partial charge is 0.394 e. The first-order valence-electron chi connectivity index (χ1n) is 9.06. The van der Waals surface area contributed by atoms with Crippen LogP contribution in [0, 0.1) is 0 Å². The van der Waals surface area contributed by atoms with Gasteiger partial charge in [0.25, 0.3) is 0 Å². The number of aromatic nitrogens is 1. The van der Waals surface area contributed by atoms with Crippen molar-refractivity contribution in [3.8, 4) is 0 Å². The maximum absolute atomic E-state index is 10.5. The Balaban J connectivity index is 2.12. The molecule has 12 nitrogen and oxygen atoms in total. The Hall–Kier alpha value is -1.45. The molecule has 2 heterocycles. The summed E-state index contributed by atoms with van der Waals surface area (Å²) in [4.78, 5) is 4.00. The maximum atomic E-state index is 10.5. The molecule has 0 unspecified atom stereocenters. The summed E-state index contributed by atoms with van der Waals surface area (Å²) in [5, 5.41) is 81.4. The van der Waals surface area contributed by atoms with Gasteiger partial charge in [-0.05, 0) is 12.1 Å². The van der Waals surface area contributed by atoms with Gasteiger partial charge >= 0.3 is 0 Å². The number of nitrogens with one attached hydrogen (secondary N) is 1. The minimum absolute atomic E-state index is 0.200. The third kappa shape index (κ3) is 6.02. The van der Waals surface area contributed by atoms with Gasteiger partial charge in [-0.3, -0.25) is 0 Å². The molecular weight excluding hydrogens is 392 g/mol. The first kappa shape index (κ1) is 23.8. The second kappa shape index (κ2) is 11.1. The molecule has 0 radical (unpaired) electrons. The molecule has 12 heteroatoms. The molecule has 9 atom stereocenters. The van der Waals surface area contributed by atoms with Crippen molar-refractivity contribution in [3.63, 3.8) is 0 Å². The highest BCUT2D eigenvalue weighted by atomic mass is 16.7. The van der Waals surface area contributed by atoms with Crippen LogP contribution in [0.15, 0.2) is 24.4 Å². The van der Waals surface area contributed by atoms with E-state index in [0.29, 0.717) is 5.82 Å². The van der Waals surface area contributed by atoms with Crippen LogP contribution >= 0.6 is 0 Å². The maximum Gasteiger partial charge on any atom is 0.187 e. The van der Waals surface area contributed by atoms with Crippen LogP contribution < -0.4 is 5.32 Å². The molecular formula is C17H28N2O10. The molecule has 1 fully saturated rings. The lowest BCUT2D eigenvalue weighted by molar-refractivity contribution is -0.326. The van der Waals surface area contributed by atoms with Gasteiger partial charge in [-0.1, -0.05) is 6.07 Å². The van der Waals surface area contributed by atoms with Crippen LogP contribution in [0.3, 0.4) is 0 Å². The zero-order valence-corrected chi connectivity index (χ0v) is 15.5. The number of hydrogen-bond acceptors (Lipinski definition) is 12. The monoisotopic (exact) mass is 420 g/mol. The average molecular weight is 420 g/mol. The summed E-state index contributed by atoms with van der Waals surface area (Å²) in [5.74, 6) is 0.412. The van der Waals surface area contributed by atoms with E-state index in [4.69, 9.17) is 14.6 Å². The van der Waals surface area contributed by atoms with Crippen LogP contribution in [-0.4, -0.2) is 121 Å². The molecule has 9 N–H and O–H groups in total. The Kier molecular flexibility index (Phi) is 9.10. The Morgan fingerprint density at radius 2 is 1.76 bits per heavy atom. The van der Waals surface area contributed by atoms with Crippen molar-refractivity contribution in [3.05, 3.63) is 24.4 Å². The lowest BCUT2D eigenvalue weighted by Gasteiger charge is -2.42. The molecule has 1 aliphatic heterocycles. The fraction of sp³-hybridized carbons (Fsp3) is 0.706. The van der Waals surface area contributed by atoms with Crippen LogP contribution in [0.25, 0.3) is 0 Å². The smallest absolute Gasteiger partial charge is 0.187 e. The predicted octanol–water partition coefficient (Wildman–Crippen LogP) is -4.25. The summed E-state index contributed by atoms with van der Waals surface area (Å²) in [6.45, 7) is -1.73. The van der Waals surface area contributed by atoms with Crippen molar-refractivity contribution in [1.82, 2.24) is 4.98 Å². The van der Waals surface area contributed by atoms with Gasteiger partial charge in [0, 0.05) is 12.7 Å². The van der Waals surface area contributed by atoms with E-state index in [2.05, 4.69) is 10.3 Å². The van der Waals surface area contributed by atoms with Gasteiger partial charge in [-0.25, -0.2) is 4.98 Å². The summed E-state index contributed by atoms with van der Waals surface area (Å²) in [7, 11) is 0. The topological polar surface area (TPSA) is 205 Å².